The number of fused-ring (bicyclic) bond motifs is 1. The van der Waals surface area contributed by atoms with E-state index in [2.05, 4.69) is 15.5 Å². The zero-order valence-electron chi connectivity index (χ0n) is 17.6. The molecule has 2 aromatic rings. The second-order valence-corrected chi connectivity index (χ2v) is 9.65. The van der Waals surface area contributed by atoms with Gasteiger partial charge in [-0.3, -0.25) is 19.8 Å². The van der Waals surface area contributed by atoms with Crippen molar-refractivity contribution in [3.63, 3.8) is 0 Å². The number of benzene rings is 1. The fourth-order valence-electron chi connectivity index (χ4n) is 4.00. The van der Waals surface area contributed by atoms with Crippen LogP contribution in [0.15, 0.2) is 24.3 Å². The lowest BCUT2D eigenvalue weighted by Gasteiger charge is -2.27. The van der Waals surface area contributed by atoms with Gasteiger partial charge >= 0.3 is 6.03 Å². The Balaban J connectivity index is 1.38. The van der Waals surface area contributed by atoms with Crippen molar-refractivity contribution < 1.29 is 14.4 Å². The molecule has 0 unspecified atom stereocenters. The van der Waals surface area contributed by atoms with Crippen LogP contribution in [0.5, 0.6) is 0 Å². The van der Waals surface area contributed by atoms with Gasteiger partial charge in [0.25, 0.3) is 5.91 Å². The minimum Gasteiger partial charge on any atom is -0.365 e. The Kier molecular flexibility index (Phi) is 6.98. The molecule has 0 bridgehead atoms. The third-order valence-corrected chi connectivity index (χ3v) is 7.14. The Bertz CT molecular complexity index is 1010. The first-order valence-electron chi connectivity index (χ1n) is 10.7. The van der Waals surface area contributed by atoms with Crippen molar-refractivity contribution in [2.24, 2.45) is 5.73 Å². The highest BCUT2D eigenvalue weighted by atomic mass is 35.5. The number of hydrogen-bond donors (Lipinski definition) is 3. The first kappa shape index (κ1) is 22.6. The molecular weight excluding hydrogens is 450 g/mol. The van der Waals surface area contributed by atoms with E-state index in [0.29, 0.717) is 40.3 Å². The Morgan fingerprint density at radius 2 is 2.00 bits per heavy atom. The number of amides is 4. The number of nitrogens with zero attached hydrogens (tertiary/aromatic N) is 2. The number of carbonyl (C=O) groups is 3. The van der Waals surface area contributed by atoms with Crippen LogP contribution in [0.25, 0.3) is 0 Å². The normalized spacial score (nSPS) is 15.7. The Hall–Kier alpha value is -2.62. The lowest BCUT2D eigenvalue weighted by Crippen LogP contribution is -2.34. The molecule has 1 aliphatic heterocycles. The van der Waals surface area contributed by atoms with Crippen molar-refractivity contribution in [3.8, 4) is 0 Å². The van der Waals surface area contributed by atoms with Gasteiger partial charge in [-0.05, 0) is 55.5 Å². The maximum Gasteiger partial charge on any atom is 0.324 e. The summed E-state index contributed by atoms with van der Waals surface area (Å²) in [5, 5.41) is 6.56. The number of hydrogen-bond acceptors (Lipinski definition) is 5. The number of carbonyl (C=O) groups excluding carboxylic acids is 3. The molecule has 4 amide bonds. The topological polar surface area (TPSA) is 108 Å². The molecule has 32 heavy (non-hydrogen) atoms. The van der Waals surface area contributed by atoms with Gasteiger partial charge in [-0.25, -0.2) is 4.79 Å². The van der Waals surface area contributed by atoms with Crippen LogP contribution < -0.4 is 16.4 Å². The van der Waals surface area contributed by atoms with Crippen LogP contribution in [0.1, 0.15) is 40.1 Å². The van der Waals surface area contributed by atoms with Crippen LogP contribution in [-0.4, -0.2) is 53.8 Å². The SMILES string of the molecule is NC(=O)c1c(NC(=O)Nc2ccc(Cl)cc2)sc2c1CCN(CCCN(C=O)C1CC1)C2. The summed E-state index contributed by atoms with van der Waals surface area (Å²) in [6, 6.07) is 6.75. The number of rotatable bonds is 9. The number of nitrogens with two attached hydrogens (primary N) is 1. The predicted octanol–water partition coefficient (Wildman–Crippen LogP) is 3.51. The largest absolute Gasteiger partial charge is 0.365 e. The van der Waals surface area contributed by atoms with E-state index in [0.717, 1.165) is 55.7 Å². The zero-order valence-corrected chi connectivity index (χ0v) is 19.2. The van der Waals surface area contributed by atoms with Gasteiger partial charge in [0, 0.05) is 47.8 Å². The maximum absolute atomic E-state index is 12.5. The van der Waals surface area contributed by atoms with Crippen LogP contribution in [0, 0.1) is 0 Å². The van der Waals surface area contributed by atoms with Crippen LogP contribution >= 0.6 is 22.9 Å². The molecular formula is C22H26ClN5O3S. The number of halogens is 1. The number of nitrogens with one attached hydrogen (secondary N) is 2. The third kappa shape index (κ3) is 5.40. The van der Waals surface area contributed by atoms with E-state index in [1.54, 1.807) is 24.3 Å². The van der Waals surface area contributed by atoms with Crippen molar-refractivity contribution in [1.29, 1.82) is 0 Å². The van der Waals surface area contributed by atoms with E-state index in [-0.39, 0.29) is 0 Å². The summed E-state index contributed by atoms with van der Waals surface area (Å²) < 4.78 is 0. The summed E-state index contributed by atoms with van der Waals surface area (Å²) in [7, 11) is 0. The lowest BCUT2D eigenvalue weighted by molar-refractivity contribution is -0.118. The first-order chi connectivity index (χ1) is 15.4. The summed E-state index contributed by atoms with van der Waals surface area (Å²) in [4.78, 5) is 41.1. The molecule has 0 radical (unpaired) electrons. The maximum atomic E-state index is 12.5. The Morgan fingerprint density at radius 1 is 1.25 bits per heavy atom. The average Bonchev–Trinajstić information content (AvgIpc) is 3.53. The summed E-state index contributed by atoms with van der Waals surface area (Å²) in [5.74, 6) is -0.538. The molecule has 2 aliphatic rings. The van der Waals surface area contributed by atoms with Gasteiger partial charge in [0.05, 0.1) is 5.56 Å². The smallest absolute Gasteiger partial charge is 0.324 e. The highest BCUT2D eigenvalue weighted by Gasteiger charge is 2.29. The fourth-order valence-corrected chi connectivity index (χ4v) is 5.42. The second-order valence-electron chi connectivity index (χ2n) is 8.11. The standard InChI is InChI=1S/C22H26ClN5O3S/c23-14-2-4-15(5-3-14)25-22(31)26-21-19(20(24)30)17-8-11-27(12-18(17)32-21)9-1-10-28(13-29)16-6-7-16/h2-5,13,16H,1,6-12H2,(H2,24,30)(H2,25,26,31). The molecule has 4 N–H and O–H groups in total. The molecule has 8 nitrogen and oxygen atoms in total. The second kappa shape index (κ2) is 9.89. The molecule has 1 aromatic carbocycles. The van der Waals surface area contributed by atoms with E-state index in [4.69, 9.17) is 17.3 Å². The first-order valence-corrected chi connectivity index (χ1v) is 11.9. The number of urea groups is 1. The van der Waals surface area contributed by atoms with E-state index in [9.17, 15) is 14.4 Å². The molecule has 1 saturated carbocycles. The third-order valence-electron chi connectivity index (χ3n) is 5.75. The van der Waals surface area contributed by atoms with Gasteiger partial charge < -0.3 is 16.0 Å². The van der Waals surface area contributed by atoms with Gasteiger partial charge in [0.15, 0.2) is 0 Å². The minimum absolute atomic E-state index is 0.400. The highest BCUT2D eigenvalue weighted by molar-refractivity contribution is 7.17. The summed E-state index contributed by atoms with van der Waals surface area (Å²) in [5.41, 5.74) is 7.57. The fraction of sp³-hybridized carbons (Fsp3) is 0.409. The van der Waals surface area contributed by atoms with Crippen molar-refractivity contribution in [2.75, 3.05) is 30.3 Å². The monoisotopic (exact) mass is 475 g/mol. The van der Waals surface area contributed by atoms with Crippen molar-refractivity contribution in [2.45, 2.75) is 38.3 Å². The van der Waals surface area contributed by atoms with E-state index >= 15 is 0 Å². The summed E-state index contributed by atoms with van der Waals surface area (Å²) >= 11 is 7.27. The molecule has 0 saturated heterocycles. The van der Waals surface area contributed by atoms with Crippen molar-refractivity contribution >= 4 is 52.0 Å². The summed E-state index contributed by atoms with van der Waals surface area (Å²) in [6.07, 6.45) is 4.78. The molecule has 4 rings (SSSR count). The number of anilines is 2. The molecule has 10 heteroatoms. The molecule has 0 atom stereocenters. The van der Waals surface area contributed by atoms with Crippen LogP contribution in [0.2, 0.25) is 5.02 Å². The number of thiophene rings is 1. The minimum atomic E-state index is -0.538. The molecule has 170 valence electrons. The molecule has 1 fully saturated rings. The average molecular weight is 476 g/mol. The van der Waals surface area contributed by atoms with Crippen molar-refractivity contribution in [3.05, 3.63) is 45.3 Å². The molecule has 0 spiro atoms. The van der Waals surface area contributed by atoms with E-state index in [1.165, 1.54) is 11.3 Å². The molecule has 2 heterocycles. The van der Waals surface area contributed by atoms with Crippen LogP contribution in [0.3, 0.4) is 0 Å². The van der Waals surface area contributed by atoms with Gasteiger partial charge in [-0.1, -0.05) is 11.6 Å². The molecule has 1 aromatic heterocycles. The van der Waals surface area contributed by atoms with Gasteiger partial charge in [-0.15, -0.1) is 11.3 Å². The zero-order chi connectivity index (χ0) is 22.7. The number of primary amides is 1. The highest BCUT2D eigenvalue weighted by Crippen LogP contribution is 2.37. The molecule has 1 aliphatic carbocycles. The Labute approximate surface area is 195 Å². The van der Waals surface area contributed by atoms with Crippen molar-refractivity contribution in [1.82, 2.24) is 9.80 Å². The van der Waals surface area contributed by atoms with Gasteiger partial charge in [0.2, 0.25) is 6.41 Å². The summed E-state index contributed by atoms with van der Waals surface area (Å²) in [6.45, 7) is 3.16. The van der Waals surface area contributed by atoms with E-state index in [1.807, 2.05) is 4.90 Å². The van der Waals surface area contributed by atoms with E-state index < -0.39 is 11.9 Å². The van der Waals surface area contributed by atoms with Gasteiger partial charge in [-0.2, -0.15) is 0 Å². The predicted molar refractivity (Wildman–Crippen MR) is 126 cm³/mol. The van der Waals surface area contributed by atoms with Crippen LogP contribution in [0.4, 0.5) is 15.5 Å². The Morgan fingerprint density at radius 3 is 2.66 bits per heavy atom. The quantitative estimate of drug-likeness (QED) is 0.482. The van der Waals surface area contributed by atoms with Crippen LogP contribution in [-0.2, 0) is 17.8 Å². The lowest BCUT2D eigenvalue weighted by atomic mass is 10.0. The van der Waals surface area contributed by atoms with Gasteiger partial charge in [0.1, 0.15) is 5.00 Å².